The molecule has 0 radical (unpaired) electrons. The van der Waals surface area contributed by atoms with E-state index < -0.39 is 6.04 Å². The predicted octanol–water partition coefficient (Wildman–Crippen LogP) is 3.18. The Morgan fingerprint density at radius 1 is 1.09 bits per heavy atom. The SMILES string of the molecule is CNC(=O)C(c1ccccc1)N(Cc1ccc(Cl)cc1)C(C)=O. The Balaban J connectivity index is 2.36. The van der Waals surface area contributed by atoms with E-state index in [1.54, 1.807) is 24.1 Å². The summed E-state index contributed by atoms with van der Waals surface area (Å²) in [5.41, 5.74) is 1.69. The molecule has 0 aliphatic rings. The molecule has 23 heavy (non-hydrogen) atoms. The summed E-state index contributed by atoms with van der Waals surface area (Å²) in [6, 6.07) is 15.8. The fraction of sp³-hybridized carbons (Fsp3) is 0.222. The van der Waals surface area contributed by atoms with Crippen molar-refractivity contribution in [2.24, 2.45) is 0 Å². The minimum Gasteiger partial charge on any atom is -0.357 e. The number of hydrogen-bond donors (Lipinski definition) is 1. The van der Waals surface area contributed by atoms with Gasteiger partial charge in [-0.1, -0.05) is 54.1 Å². The van der Waals surface area contributed by atoms with Gasteiger partial charge in [0.25, 0.3) is 0 Å². The summed E-state index contributed by atoms with van der Waals surface area (Å²) in [6.45, 7) is 1.80. The van der Waals surface area contributed by atoms with Gasteiger partial charge in [-0.05, 0) is 23.3 Å². The van der Waals surface area contributed by atoms with E-state index in [9.17, 15) is 9.59 Å². The van der Waals surface area contributed by atoms with Gasteiger partial charge in [0.1, 0.15) is 6.04 Å². The molecule has 0 bridgehead atoms. The van der Waals surface area contributed by atoms with Crippen LogP contribution in [0.5, 0.6) is 0 Å². The molecule has 1 N–H and O–H groups in total. The Morgan fingerprint density at radius 3 is 2.22 bits per heavy atom. The molecule has 5 heteroatoms. The van der Waals surface area contributed by atoms with Gasteiger partial charge < -0.3 is 10.2 Å². The molecule has 0 aliphatic carbocycles. The number of benzene rings is 2. The molecule has 0 saturated heterocycles. The molecule has 0 aliphatic heterocycles. The molecule has 0 aromatic heterocycles. The summed E-state index contributed by atoms with van der Waals surface area (Å²) in [7, 11) is 1.57. The first kappa shape index (κ1) is 17.0. The maximum absolute atomic E-state index is 12.4. The minimum atomic E-state index is -0.672. The second kappa shape index (κ2) is 7.79. The number of hydrogen-bond acceptors (Lipinski definition) is 2. The lowest BCUT2D eigenvalue weighted by molar-refractivity contribution is -0.139. The molecule has 4 nitrogen and oxygen atoms in total. The number of likely N-dealkylation sites (N-methyl/N-ethyl adjacent to an activating group) is 1. The third-order valence-corrected chi connectivity index (χ3v) is 3.84. The van der Waals surface area contributed by atoms with Crippen molar-refractivity contribution in [2.45, 2.75) is 19.5 Å². The lowest BCUT2D eigenvalue weighted by atomic mass is 10.0. The first-order valence-corrected chi connectivity index (χ1v) is 7.69. The first-order valence-electron chi connectivity index (χ1n) is 7.31. The van der Waals surface area contributed by atoms with Gasteiger partial charge >= 0.3 is 0 Å². The molecule has 120 valence electrons. The highest BCUT2D eigenvalue weighted by Gasteiger charge is 2.28. The van der Waals surface area contributed by atoms with E-state index in [0.29, 0.717) is 11.6 Å². The van der Waals surface area contributed by atoms with Gasteiger partial charge in [-0.2, -0.15) is 0 Å². The van der Waals surface area contributed by atoms with Gasteiger partial charge in [0.05, 0.1) is 0 Å². The van der Waals surface area contributed by atoms with Crippen molar-refractivity contribution in [3.05, 3.63) is 70.7 Å². The van der Waals surface area contributed by atoms with Crippen LogP contribution in [-0.2, 0) is 16.1 Å². The second-order valence-electron chi connectivity index (χ2n) is 5.20. The summed E-state index contributed by atoms with van der Waals surface area (Å²) in [5.74, 6) is -0.391. The molecule has 1 unspecified atom stereocenters. The van der Waals surface area contributed by atoms with Crippen LogP contribution in [0.3, 0.4) is 0 Å². The lowest BCUT2D eigenvalue weighted by Gasteiger charge is -2.30. The molecule has 0 heterocycles. The van der Waals surface area contributed by atoms with Crippen molar-refractivity contribution in [2.75, 3.05) is 7.05 Å². The van der Waals surface area contributed by atoms with Crippen molar-refractivity contribution < 1.29 is 9.59 Å². The average molecular weight is 331 g/mol. The molecule has 2 amide bonds. The number of carbonyl (C=O) groups is 2. The minimum absolute atomic E-state index is 0.169. The van der Waals surface area contributed by atoms with Crippen LogP contribution in [-0.4, -0.2) is 23.8 Å². The lowest BCUT2D eigenvalue weighted by Crippen LogP contribution is -2.41. The van der Waals surface area contributed by atoms with Gasteiger partial charge in [-0.25, -0.2) is 0 Å². The molecular formula is C18H19ClN2O2. The molecule has 2 aromatic carbocycles. The number of nitrogens with one attached hydrogen (secondary N) is 1. The fourth-order valence-corrected chi connectivity index (χ4v) is 2.54. The van der Waals surface area contributed by atoms with Gasteiger partial charge in [-0.3, -0.25) is 9.59 Å². The Labute approximate surface area is 141 Å². The fourth-order valence-electron chi connectivity index (χ4n) is 2.42. The number of amides is 2. The molecular weight excluding hydrogens is 312 g/mol. The van der Waals surface area contributed by atoms with Gasteiger partial charge in [-0.15, -0.1) is 0 Å². The normalized spacial score (nSPS) is 11.6. The topological polar surface area (TPSA) is 49.4 Å². The Bertz CT molecular complexity index is 671. The van der Waals surface area contributed by atoms with E-state index in [2.05, 4.69) is 5.32 Å². The Kier molecular flexibility index (Phi) is 5.77. The first-order chi connectivity index (χ1) is 11.0. The van der Waals surface area contributed by atoms with E-state index in [0.717, 1.165) is 11.1 Å². The van der Waals surface area contributed by atoms with Crippen LogP contribution in [0.25, 0.3) is 0 Å². The highest BCUT2D eigenvalue weighted by atomic mass is 35.5. The number of nitrogens with zero attached hydrogens (tertiary/aromatic N) is 1. The summed E-state index contributed by atoms with van der Waals surface area (Å²) in [5, 5.41) is 3.27. The number of carbonyl (C=O) groups excluding carboxylic acids is 2. The highest BCUT2D eigenvalue weighted by Crippen LogP contribution is 2.24. The van der Waals surface area contributed by atoms with Crippen LogP contribution in [0.15, 0.2) is 54.6 Å². The van der Waals surface area contributed by atoms with Crippen molar-refractivity contribution in [1.82, 2.24) is 10.2 Å². The number of rotatable bonds is 5. The van der Waals surface area contributed by atoms with E-state index in [1.807, 2.05) is 42.5 Å². The summed E-state index contributed by atoms with van der Waals surface area (Å²) in [4.78, 5) is 26.1. The number of halogens is 1. The van der Waals surface area contributed by atoms with Gasteiger partial charge in [0.2, 0.25) is 11.8 Å². The maximum Gasteiger partial charge on any atom is 0.247 e. The highest BCUT2D eigenvalue weighted by molar-refractivity contribution is 6.30. The van der Waals surface area contributed by atoms with Crippen LogP contribution in [0, 0.1) is 0 Å². The van der Waals surface area contributed by atoms with Crippen LogP contribution in [0.2, 0.25) is 5.02 Å². The molecule has 0 saturated carbocycles. The average Bonchev–Trinajstić information content (AvgIpc) is 2.56. The zero-order chi connectivity index (χ0) is 16.8. The van der Waals surface area contributed by atoms with Crippen LogP contribution < -0.4 is 5.32 Å². The van der Waals surface area contributed by atoms with E-state index >= 15 is 0 Å². The van der Waals surface area contributed by atoms with Gasteiger partial charge in [0.15, 0.2) is 0 Å². The standard InChI is InChI=1S/C18H19ClN2O2/c1-13(22)21(12-14-8-10-16(19)11-9-14)17(18(23)20-2)15-6-4-3-5-7-15/h3-11,17H,12H2,1-2H3,(H,20,23). The zero-order valence-electron chi connectivity index (χ0n) is 13.1. The third kappa shape index (κ3) is 4.33. The summed E-state index contributed by atoms with van der Waals surface area (Å²) in [6.07, 6.45) is 0. The predicted molar refractivity (Wildman–Crippen MR) is 90.9 cm³/mol. The third-order valence-electron chi connectivity index (χ3n) is 3.59. The summed E-state index contributed by atoms with van der Waals surface area (Å²) >= 11 is 5.90. The maximum atomic E-state index is 12.4. The zero-order valence-corrected chi connectivity index (χ0v) is 13.9. The molecule has 0 spiro atoms. The van der Waals surface area contributed by atoms with Crippen LogP contribution in [0.1, 0.15) is 24.1 Å². The monoisotopic (exact) mass is 330 g/mol. The van der Waals surface area contributed by atoms with E-state index in [1.165, 1.54) is 6.92 Å². The smallest absolute Gasteiger partial charge is 0.247 e. The van der Waals surface area contributed by atoms with Gasteiger partial charge in [0, 0.05) is 25.5 Å². The Morgan fingerprint density at radius 2 is 1.70 bits per heavy atom. The quantitative estimate of drug-likeness (QED) is 0.915. The molecule has 2 aromatic rings. The van der Waals surface area contributed by atoms with E-state index in [4.69, 9.17) is 11.6 Å². The van der Waals surface area contributed by atoms with Crippen LogP contribution in [0.4, 0.5) is 0 Å². The van der Waals surface area contributed by atoms with Crippen molar-refractivity contribution in [1.29, 1.82) is 0 Å². The second-order valence-corrected chi connectivity index (χ2v) is 5.64. The molecule has 0 fully saturated rings. The molecule has 2 rings (SSSR count). The Hall–Kier alpha value is -2.33. The van der Waals surface area contributed by atoms with Crippen molar-refractivity contribution >= 4 is 23.4 Å². The summed E-state index contributed by atoms with van der Waals surface area (Å²) < 4.78 is 0. The van der Waals surface area contributed by atoms with Crippen molar-refractivity contribution in [3.63, 3.8) is 0 Å². The van der Waals surface area contributed by atoms with E-state index in [-0.39, 0.29) is 11.8 Å². The molecule has 1 atom stereocenters. The van der Waals surface area contributed by atoms with Crippen LogP contribution >= 0.6 is 11.6 Å². The largest absolute Gasteiger partial charge is 0.357 e. The van der Waals surface area contributed by atoms with Crippen molar-refractivity contribution in [3.8, 4) is 0 Å².